The molecule has 0 unspecified atom stereocenters. The summed E-state index contributed by atoms with van der Waals surface area (Å²) in [7, 11) is 0. The third kappa shape index (κ3) is 3.78. The SMILES string of the molecule is CCNCc1ccccc1Sc1ccc(F)cc1F. The summed E-state index contributed by atoms with van der Waals surface area (Å²) in [4.78, 5) is 1.42. The lowest BCUT2D eigenvalue weighted by Crippen LogP contribution is -2.12. The quantitative estimate of drug-likeness (QED) is 0.879. The average Bonchev–Trinajstić information content (AvgIpc) is 2.41. The zero-order chi connectivity index (χ0) is 13.7. The van der Waals surface area contributed by atoms with Crippen molar-refractivity contribution in [2.75, 3.05) is 6.54 Å². The molecule has 0 aliphatic rings. The zero-order valence-electron chi connectivity index (χ0n) is 10.6. The molecule has 2 rings (SSSR count). The van der Waals surface area contributed by atoms with Gasteiger partial charge in [-0.3, -0.25) is 0 Å². The minimum Gasteiger partial charge on any atom is -0.313 e. The van der Waals surface area contributed by atoms with Crippen molar-refractivity contribution in [2.24, 2.45) is 0 Å². The summed E-state index contributed by atoms with van der Waals surface area (Å²) in [5.74, 6) is -1.08. The fourth-order valence-corrected chi connectivity index (χ4v) is 2.63. The van der Waals surface area contributed by atoms with Gasteiger partial charge in [0.05, 0.1) is 0 Å². The van der Waals surface area contributed by atoms with E-state index in [0.29, 0.717) is 4.90 Å². The Labute approximate surface area is 116 Å². The van der Waals surface area contributed by atoms with E-state index in [9.17, 15) is 8.78 Å². The zero-order valence-corrected chi connectivity index (χ0v) is 11.4. The van der Waals surface area contributed by atoms with E-state index in [2.05, 4.69) is 5.32 Å². The molecular weight excluding hydrogens is 264 g/mol. The Kier molecular flexibility index (Phi) is 4.93. The van der Waals surface area contributed by atoms with Crippen molar-refractivity contribution < 1.29 is 8.78 Å². The molecule has 19 heavy (non-hydrogen) atoms. The van der Waals surface area contributed by atoms with E-state index in [-0.39, 0.29) is 0 Å². The number of rotatable bonds is 5. The lowest BCUT2D eigenvalue weighted by molar-refractivity contribution is 0.565. The molecule has 2 aromatic carbocycles. The molecule has 100 valence electrons. The van der Waals surface area contributed by atoms with Crippen LogP contribution in [0.2, 0.25) is 0 Å². The molecule has 0 aliphatic carbocycles. The number of hydrogen-bond donors (Lipinski definition) is 1. The predicted molar refractivity (Wildman–Crippen MR) is 74.3 cm³/mol. The van der Waals surface area contributed by atoms with Crippen molar-refractivity contribution in [1.82, 2.24) is 5.32 Å². The summed E-state index contributed by atoms with van der Waals surface area (Å²) >= 11 is 1.32. The average molecular weight is 279 g/mol. The first-order valence-electron chi connectivity index (χ1n) is 6.12. The van der Waals surface area contributed by atoms with Crippen LogP contribution in [0.3, 0.4) is 0 Å². The maximum absolute atomic E-state index is 13.6. The second-order valence-electron chi connectivity index (χ2n) is 4.06. The minimum atomic E-state index is -0.553. The van der Waals surface area contributed by atoms with Gasteiger partial charge in [-0.15, -0.1) is 0 Å². The van der Waals surface area contributed by atoms with Crippen molar-refractivity contribution in [2.45, 2.75) is 23.3 Å². The van der Waals surface area contributed by atoms with Crippen molar-refractivity contribution in [3.63, 3.8) is 0 Å². The van der Waals surface area contributed by atoms with Crippen molar-refractivity contribution in [3.05, 3.63) is 59.7 Å². The molecule has 1 N–H and O–H groups in total. The van der Waals surface area contributed by atoms with Gasteiger partial charge in [-0.05, 0) is 30.3 Å². The van der Waals surface area contributed by atoms with Gasteiger partial charge in [0.2, 0.25) is 0 Å². The van der Waals surface area contributed by atoms with Gasteiger partial charge in [-0.1, -0.05) is 36.9 Å². The Hall–Kier alpha value is -1.39. The monoisotopic (exact) mass is 279 g/mol. The van der Waals surface area contributed by atoms with Gasteiger partial charge in [0.15, 0.2) is 0 Å². The van der Waals surface area contributed by atoms with Gasteiger partial charge in [-0.2, -0.15) is 0 Å². The molecule has 0 bridgehead atoms. The predicted octanol–water partition coefficient (Wildman–Crippen LogP) is 4.23. The fourth-order valence-electron chi connectivity index (χ4n) is 1.69. The second-order valence-corrected chi connectivity index (χ2v) is 5.15. The second kappa shape index (κ2) is 6.68. The minimum absolute atomic E-state index is 0.436. The van der Waals surface area contributed by atoms with Gasteiger partial charge in [0.25, 0.3) is 0 Å². The third-order valence-corrected chi connectivity index (χ3v) is 3.82. The largest absolute Gasteiger partial charge is 0.313 e. The summed E-state index contributed by atoms with van der Waals surface area (Å²) in [6.07, 6.45) is 0. The normalized spacial score (nSPS) is 10.7. The molecule has 2 aromatic rings. The molecule has 1 nitrogen and oxygen atoms in total. The van der Waals surface area contributed by atoms with Crippen LogP contribution >= 0.6 is 11.8 Å². The molecule has 0 saturated carbocycles. The highest BCUT2D eigenvalue weighted by Crippen LogP contribution is 2.32. The number of halogens is 2. The molecule has 0 spiro atoms. The molecular formula is C15H15F2NS. The van der Waals surface area contributed by atoms with Gasteiger partial charge >= 0.3 is 0 Å². The molecule has 0 atom stereocenters. The van der Waals surface area contributed by atoms with Gasteiger partial charge < -0.3 is 5.32 Å². The highest BCUT2D eigenvalue weighted by molar-refractivity contribution is 7.99. The standard InChI is InChI=1S/C15H15F2NS/c1-2-18-10-11-5-3-4-6-14(11)19-15-8-7-12(16)9-13(15)17/h3-9,18H,2,10H2,1H3. The van der Waals surface area contributed by atoms with Crippen LogP contribution in [0, 0.1) is 11.6 Å². The van der Waals surface area contributed by atoms with E-state index in [1.165, 1.54) is 23.9 Å². The van der Waals surface area contributed by atoms with Crippen LogP contribution < -0.4 is 5.32 Å². The van der Waals surface area contributed by atoms with Crippen molar-refractivity contribution in [1.29, 1.82) is 0 Å². The Morgan fingerprint density at radius 1 is 1.05 bits per heavy atom. The topological polar surface area (TPSA) is 12.0 Å². The van der Waals surface area contributed by atoms with Crippen LogP contribution in [0.4, 0.5) is 8.78 Å². The summed E-state index contributed by atoms with van der Waals surface area (Å²) in [5, 5.41) is 3.25. The maximum atomic E-state index is 13.6. The van der Waals surface area contributed by atoms with Crippen LogP contribution in [-0.4, -0.2) is 6.54 Å². The summed E-state index contributed by atoms with van der Waals surface area (Å²) in [6, 6.07) is 11.5. The highest BCUT2D eigenvalue weighted by Gasteiger charge is 2.08. The molecule has 0 aliphatic heterocycles. The van der Waals surface area contributed by atoms with Gasteiger partial charge in [0.1, 0.15) is 11.6 Å². The van der Waals surface area contributed by atoms with E-state index < -0.39 is 11.6 Å². The van der Waals surface area contributed by atoms with Crippen LogP contribution in [0.15, 0.2) is 52.3 Å². The summed E-state index contributed by atoms with van der Waals surface area (Å²) in [6.45, 7) is 3.65. The van der Waals surface area contributed by atoms with Crippen LogP contribution in [0.5, 0.6) is 0 Å². The van der Waals surface area contributed by atoms with E-state index in [4.69, 9.17) is 0 Å². The first-order chi connectivity index (χ1) is 9.20. The molecule has 0 saturated heterocycles. The van der Waals surface area contributed by atoms with E-state index in [1.54, 1.807) is 0 Å². The van der Waals surface area contributed by atoms with Crippen LogP contribution in [0.25, 0.3) is 0 Å². The van der Waals surface area contributed by atoms with Crippen LogP contribution in [0.1, 0.15) is 12.5 Å². The molecule has 0 fully saturated rings. The molecule has 0 aromatic heterocycles. The molecule has 0 heterocycles. The third-order valence-electron chi connectivity index (χ3n) is 2.65. The Bertz CT molecular complexity index is 558. The van der Waals surface area contributed by atoms with E-state index in [1.807, 2.05) is 31.2 Å². The number of hydrogen-bond acceptors (Lipinski definition) is 2. The fraction of sp³-hybridized carbons (Fsp3) is 0.200. The first kappa shape index (κ1) is 14.0. The Balaban J connectivity index is 2.22. The lowest BCUT2D eigenvalue weighted by Gasteiger charge is -2.10. The number of benzene rings is 2. The smallest absolute Gasteiger partial charge is 0.140 e. The number of nitrogens with one attached hydrogen (secondary N) is 1. The highest BCUT2D eigenvalue weighted by atomic mass is 32.2. The van der Waals surface area contributed by atoms with E-state index in [0.717, 1.165) is 29.6 Å². The van der Waals surface area contributed by atoms with Crippen LogP contribution in [-0.2, 0) is 6.54 Å². The Morgan fingerprint density at radius 2 is 1.84 bits per heavy atom. The molecule has 0 amide bonds. The van der Waals surface area contributed by atoms with Crippen molar-refractivity contribution >= 4 is 11.8 Å². The summed E-state index contributed by atoms with van der Waals surface area (Å²) < 4.78 is 26.5. The van der Waals surface area contributed by atoms with E-state index >= 15 is 0 Å². The molecule has 0 radical (unpaired) electrons. The van der Waals surface area contributed by atoms with Gasteiger partial charge in [0, 0.05) is 22.4 Å². The Morgan fingerprint density at radius 3 is 2.58 bits per heavy atom. The van der Waals surface area contributed by atoms with Gasteiger partial charge in [-0.25, -0.2) is 8.78 Å². The first-order valence-corrected chi connectivity index (χ1v) is 6.94. The lowest BCUT2D eigenvalue weighted by atomic mass is 10.2. The molecule has 4 heteroatoms. The summed E-state index contributed by atoms with van der Waals surface area (Å²) in [5.41, 5.74) is 1.11. The maximum Gasteiger partial charge on any atom is 0.140 e. The van der Waals surface area contributed by atoms with Crippen molar-refractivity contribution in [3.8, 4) is 0 Å².